The van der Waals surface area contributed by atoms with Gasteiger partial charge in [0.15, 0.2) is 0 Å². The molecule has 0 unspecified atom stereocenters. The average molecular weight is 222 g/mol. The number of nitrogens with zero attached hydrogens (tertiary/aromatic N) is 2. The van der Waals surface area contributed by atoms with Gasteiger partial charge in [-0.2, -0.15) is 0 Å². The first-order valence-electron chi connectivity index (χ1n) is 5.83. The summed E-state index contributed by atoms with van der Waals surface area (Å²) in [5.74, 6) is 1.69. The molecule has 1 heterocycles. The Balaban J connectivity index is 2.69. The molecule has 0 atom stereocenters. The topological polar surface area (TPSA) is 36.4 Å². The molecule has 1 N–H and O–H groups in total. The zero-order valence-corrected chi connectivity index (χ0v) is 10.7. The molecule has 0 aliphatic heterocycles. The molecule has 1 aromatic rings. The third-order valence-electron chi connectivity index (χ3n) is 2.78. The van der Waals surface area contributed by atoms with Crippen LogP contribution in [0.5, 0.6) is 0 Å². The van der Waals surface area contributed by atoms with Crippen LogP contribution in [-0.4, -0.2) is 23.7 Å². The lowest BCUT2D eigenvalue weighted by atomic mass is 10.1. The fraction of sp³-hybridized carbons (Fsp3) is 0.615. The Bertz CT molecular complexity index is 337. The summed E-state index contributed by atoms with van der Waals surface area (Å²) in [6.45, 7) is 7.46. The van der Waals surface area contributed by atoms with Crippen LogP contribution in [0.15, 0.2) is 12.1 Å². The first kappa shape index (κ1) is 13.0. The number of aromatic nitrogens is 1. The van der Waals surface area contributed by atoms with Crippen molar-refractivity contribution in [2.45, 2.75) is 33.8 Å². The van der Waals surface area contributed by atoms with Crippen molar-refractivity contribution >= 4 is 5.82 Å². The smallest absolute Gasteiger partial charge is 0.128 e. The fourth-order valence-electron chi connectivity index (χ4n) is 1.52. The highest BCUT2D eigenvalue weighted by molar-refractivity contribution is 5.40. The molecule has 0 saturated heterocycles. The second kappa shape index (κ2) is 5.85. The van der Waals surface area contributed by atoms with Crippen LogP contribution >= 0.6 is 0 Å². The molecule has 0 aliphatic rings. The van der Waals surface area contributed by atoms with Gasteiger partial charge in [0.25, 0.3) is 0 Å². The van der Waals surface area contributed by atoms with Gasteiger partial charge in [0, 0.05) is 19.3 Å². The number of hydrogen-bond donors (Lipinski definition) is 1. The molecule has 3 heteroatoms. The lowest BCUT2D eigenvalue weighted by Gasteiger charge is -2.20. The Morgan fingerprint density at radius 1 is 1.38 bits per heavy atom. The second-order valence-corrected chi connectivity index (χ2v) is 4.68. The molecule has 0 bridgehead atoms. The first-order chi connectivity index (χ1) is 7.54. The van der Waals surface area contributed by atoms with Crippen LogP contribution in [0.25, 0.3) is 0 Å². The van der Waals surface area contributed by atoms with E-state index in [1.165, 1.54) is 6.42 Å². The molecule has 0 spiro atoms. The maximum atomic E-state index is 9.07. The molecule has 90 valence electrons. The van der Waals surface area contributed by atoms with Crippen LogP contribution in [0.1, 0.15) is 31.5 Å². The molecule has 0 radical (unpaired) electrons. The third kappa shape index (κ3) is 3.49. The molecule has 0 aromatic carbocycles. The van der Waals surface area contributed by atoms with E-state index in [0.717, 1.165) is 23.6 Å². The fourth-order valence-corrected chi connectivity index (χ4v) is 1.52. The van der Waals surface area contributed by atoms with Crippen molar-refractivity contribution in [1.29, 1.82) is 0 Å². The van der Waals surface area contributed by atoms with Crippen LogP contribution in [0.4, 0.5) is 5.82 Å². The minimum atomic E-state index is 0.0643. The van der Waals surface area contributed by atoms with Crippen molar-refractivity contribution < 1.29 is 5.11 Å². The highest BCUT2D eigenvalue weighted by Crippen LogP contribution is 2.14. The molecule has 0 saturated carbocycles. The summed E-state index contributed by atoms with van der Waals surface area (Å²) in [6, 6.07) is 3.92. The monoisotopic (exact) mass is 222 g/mol. The van der Waals surface area contributed by atoms with Gasteiger partial charge in [-0.3, -0.25) is 0 Å². The van der Waals surface area contributed by atoms with E-state index in [1.54, 1.807) is 0 Å². The lowest BCUT2D eigenvalue weighted by molar-refractivity contribution is 0.280. The normalized spacial score (nSPS) is 10.9. The Hall–Kier alpha value is -1.09. The molecular weight excluding hydrogens is 200 g/mol. The van der Waals surface area contributed by atoms with Crippen molar-refractivity contribution in [3.8, 4) is 0 Å². The summed E-state index contributed by atoms with van der Waals surface area (Å²) in [4.78, 5) is 6.65. The van der Waals surface area contributed by atoms with Crippen LogP contribution in [0.3, 0.4) is 0 Å². The zero-order chi connectivity index (χ0) is 12.1. The van der Waals surface area contributed by atoms with E-state index in [4.69, 9.17) is 5.11 Å². The predicted octanol–water partition coefficient (Wildman–Crippen LogP) is 2.36. The average Bonchev–Trinajstić information content (AvgIpc) is 2.25. The van der Waals surface area contributed by atoms with Gasteiger partial charge in [-0.05, 0) is 30.9 Å². The minimum absolute atomic E-state index is 0.0643. The summed E-state index contributed by atoms with van der Waals surface area (Å²) in [6.07, 6.45) is 1.17. The van der Waals surface area contributed by atoms with E-state index >= 15 is 0 Å². The number of anilines is 1. The number of aliphatic hydroxyl groups is 1. The lowest BCUT2D eigenvalue weighted by Crippen LogP contribution is -2.21. The van der Waals surface area contributed by atoms with Crippen molar-refractivity contribution in [1.82, 2.24) is 4.98 Å². The van der Waals surface area contributed by atoms with Crippen LogP contribution in [-0.2, 0) is 6.61 Å². The second-order valence-electron chi connectivity index (χ2n) is 4.68. The van der Waals surface area contributed by atoms with Gasteiger partial charge in [0.2, 0.25) is 0 Å². The van der Waals surface area contributed by atoms with Gasteiger partial charge < -0.3 is 10.0 Å². The molecule has 0 amide bonds. The van der Waals surface area contributed by atoms with Gasteiger partial charge >= 0.3 is 0 Å². The Morgan fingerprint density at radius 3 is 2.56 bits per heavy atom. The Morgan fingerprint density at radius 2 is 2.06 bits per heavy atom. The summed E-state index contributed by atoms with van der Waals surface area (Å²) in [7, 11) is 2.06. The molecule has 0 aliphatic carbocycles. The summed E-state index contributed by atoms with van der Waals surface area (Å²) < 4.78 is 0. The number of aryl methyl sites for hydroxylation is 1. The number of hydrogen-bond acceptors (Lipinski definition) is 3. The first-order valence-corrected chi connectivity index (χ1v) is 5.83. The highest BCUT2D eigenvalue weighted by atomic mass is 16.3. The number of aliphatic hydroxyl groups excluding tert-OH is 1. The standard InChI is InChI=1S/C13H22N2O/c1-10(2)7-8-15(4)13-6-5-12(9-16)11(3)14-13/h5-6,10,16H,7-9H2,1-4H3. The quantitative estimate of drug-likeness (QED) is 0.831. The van der Waals surface area contributed by atoms with Crippen LogP contribution in [0, 0.1) is 12.8 Å². The van der Waals surface area contributed by atoms with Crippen LogP contribution in [0.2, 0.25) is 0 Å². The van der Waals surface area contributed by atoms with Crippen molar-refractivity contribution in [3.05, 3.63) is 23.4 Å². The van der Waals surface area contributed by atoms with Gasteiger partial charge in [-0.25, -0.2) is 4.98 Å². The van der Waals surface area contributed by atoms with E-state index in [9.17, 15) is 0 Å². The number of rotatable bonds is 5. The van der Waals surface area contributed by atoms with E-state index < -0.39 is 0 Å². The van der Waals surface area contributed by atoms with E-state index in [2.05, 4.69) is 30.8 Å². The third-order valence-corrected chi connectivity index (χ3v) is 2.78. The van der Waals surface area contributed by atoms with Crippen LogP contribution < -0.4 is 4.90 Å². The van der Waals surface area contributed by atoms with Gasteiger partial charge in [-0.15, -0.1) is 0 Å². The van der Waals surface area contributed by atoms with E-state index in [1.807, 2.05) is 19.1 Å². The highest BCUT2D eigenvalue weighted by Gasteiger charge is 2.06. The minimum Gasteiger partial charge on any atom is -0.392 e. The van der Waals surface area contributed by atoms with Gasteiger partial charge in [0.1, 0.15) is 5.82 Å². The molecular formula is C13H22N2O. The Kier molecular flexibility index (Phi) is 4.74. The van der Waals surface area contributed by atoms with E-state index in [-0.39, 0.29) is 6.61 Å². The summed E-state index contributed by atoms with van der Waals surface area (Å²) in [5.41, 5.74) is 1.82. The summed E-state index contributed by atoms with van der Waals surface area (Å²) in [5, 5.41) is 9.07. The molecule has 16 heavy (non-hydrogen) atoms. The SMILES string of the molecule is Cc1nc(N(C)CCC(C)C)ccc1CO. The molecule has 3 nitrogen and oxygen atoms in total. The molecule has 1 rings (SSSR count). The van der Waals surface area contributed by atoms with Gasteiger partial charge in [0.05, 0.1) is 6.61 Å². The molecule has 1 aromatic heterocycles. The maximum Gasteiger partial charge on any atom is 0.128 e. The van der Waals surface area contributed by atoms with Crippen molar-refractivity contribution in [3.63, 3.8) is 0 Å². The van der Waals surface area contributed by atoms with E-state index in [0.29, 0.717) is 5.92 Å². The molecule has 0 fully saturated rings. The Labute approximate surface area is 98.1 Å². The summed E-state index contributed by atoms with van der Waals surface area (Å²) >= 11 is 0. The predicted molar refractivity (Wildman–Crippen MR) is 67.6 cm³/mol. The van der Waals surface area contributed by atoms with Crippen molar-refractivity contribution in [2.24, 2.45) is 5.92 Å². The van der Waals surface area contributed by atoms with Gasteiger partial charge in [-0.1, -0.05) is 19.9 Å². The zero-order valence-electron chi connectivity index (χ0n) is 10.7. The maximum absolute atomic E-state index is 9.07. The number of pyridine rings is 1. The van der Waals surface area contributed by atoms with Crippen molar-refractivity contribution in [2.75, 3.05) is 18.5 Å². The largest absolute Gasteiger partial charge is 0.392 e.